The van der Waals surface area contributed by atoms with Crippen LogP contribution in [0.15, 0.2) is 48.6 Å². The van der Waals surface area contributed by atoms with Crippen LogP contribution in [0.4, 0.5) is 0 Å². The van der Waals surface area contributed by atoms with Crippen molar-refractivity contribution < 1.29 is 37.3 Å². The summed E-state index contributed by atoms with van der Waals surface area (Å²) in [6, 6.07) is -0.892. The summed E-state index contributed by atoms with van der Waals surface area (Å²) in [7, 11) is 1.17. The summed E-state index contributed by atoms with van der Waals surface area (Å²) in [5.74, 6) is -0.563. The van der Waals surface area contributed by atoms with Gasteiger partial charge in [0.1, 0.15) is 19.3 Å². The fourth-order valence-corrected chi connectivity index (χ4v) is 7.91. The average Bonchev–Trinajstić information content (AvgIpc) is 3.23. The number of nitrogens with zero attached hydrogens (tertiary/aromatic N) is 1. The molecule has 0 aromatic carbocycles. The maximum atomic E-state index is 13.4. The normalized spacial score (nSPS) is 14.3. The first-order chi connectivity index (χ1) is 30.4. The number of phosphoric ester groups is 1. The molecular weight excluding hydrogens is 808 g/mol. The maximum Gasteiger partial charge on any atom is 0.306 e. The minimum absolute atomic E-state index is 0.0256. The number of esters is 1. The molecule has 1 N–H and O–H groups in total. The van der Waals surface area contributed by atoms with Crippen molar-refractivity contribution in [1.29, 1.82) is 0 Å². The highest BCUT2D eigenvalue weighted by atomic mass is 31.2. The van der Waals surface area contributed by atoms with Crippen molar-refractivity contribution in [2.75, 3.05) is 40.9 Å². The van der Waals surface area contributed by atoms with Crippen LogP contribution < -0.4 is 10.2 Å². The second-order valence-corrected chi connectivity index (χ2v) is 20.0. The van der Waals surface area contributed by atoms with E-state index in [2.05, 4.69) is 62.5 Å². The van der Waals surface area contributed by atoms with Gasteiger partial charge >= 0.3 is 5.97 Å². The molecule has 1 amide bonds. The number of carbonyl (C=O) groups excluding carboxylic acids is 2. The summed E-state index contributed by atoms with van der Waals surface area (Å²) in [4.78, 5) is 39.6. The quantitative estimate of drug-likeness (QED) is 0.0213. The number of likely N-dealkylation sites (N-methyl/N-ethyl adjacent to an activating group) is 1. The maximum absolute atomic E-state index is 13.4. The van der Waals surface area contributed by atoms with Crippen LogP contribution in [0.1, 0.15) is 226 Å². The zero-order valence-corrected chi connectivity index (χ0v) is 42.7. The summed E-state index contributed by atoms with van der Waals surface area (Å²) < 4.78 is 30.1. The van der Waals surface area contributed by atoms with Crippen molar-refractivity contribution in [2.45, 2.75) is 238 Å². The largest absolute Gasteiger partial charge is 0.756 e. The third-order valence-electron chi connectivity index (χ3n) is 11.2. The van der Waals surface area contributed by atoms with E-state index < -0.39 is 26.6 Å². The van der Waals surface area contributed by atoms with Gasteiger partial charge in [-0.1, -0.05) is 185 Å². The second kappa shape index (κ2) is 43.8. The molecule has 0 aromatic rings. The first-order valence-electron chi connectivity index (χ1n) is 25.9. The molecule has 3 unspecified atom stereocenters. The lowest BCUT2D eigenvalue weighted by Crippen LogP contribution is -2.47. The Kier molecular flexibility index (Phi) is 42.4. The molecule has 0 aliphatic carbocycles. The number of phosphoric acid groups is 1. The van der Waals surface area contributed by atoms with Crippen LogP contribution in [-0.2, 0) is 27.9 Å². The van der Waals surface area contributed by atoms with Crippen LogP contribution in [0.5, 0.6) is 0 Å². The fraction of sp³-hybridized carbons (Fsp3) is 0.811. The molecule has 0 fully saturated rings. The van der Waals surface area contributed by atoms with E-state index in [-0.39, 0.29) is 24.9 Å². The number of amides is 1. The zero-order chi connectivity index (χ0) is 46.5. The van der Waals surface area contributed by atoms with Crippen LogP contribution in [0, 0.1) is 0 Å². The van der Waals surface area contributed by atoms with Crippen molar-refractivity contribution in [3.8, 4) is 0 Å². The third kappa shape index (κ3) is 44.9. The molecule has 0 spiro atoms. The molecule has 63 heavy (non-hydrogen) atoms. The van der Waals surface area contributed by atoms with Gasteiger partial charge in [0.25, 0.3) is 7.82 Å². The Labute approximate surface area is 388 Å². The van der Waals surface area contributed by atoms with Gasteiger partial charge in [-0.2, -0.15) is 0 Å². The molecular formula is C53H99N2O7P. The molecule has 0 radical (unpaired) electrons. The Morgan fingerprint density at radius 2 is 1.03 bits per heavy atom. The molecule has 0 aromatic heterocycles. The van der Waals surface area contributed by atoms with E-state index in [1.807, 2.05) is 33.3 Å². The van der Waals surface area contributed by atoms with Crippen molar-refractivity contribution >= 4 is 19.7 Å². The number of rotatable bonds is 46. The molecule has 10 heteroatoms. The summed E-state index contributed by atoms with van der Waals surface area (Å²) >= 11 is 0. The lowest BCUT2D eigenvalue weighted by Gasteiger charge is -2.30. The number of allylic oxidation sites excluding steroid dienone is 7. The minimum atomic E-state index is -4.69. The first-order valence-corrected chi connectivity index (χ1v) is 27.4. The van der Waals surface area contributed by atoms with Gasteiger partial charge in [-0.15, -0.1) is 0 Å². The molecule has 3 atom stereocenters. The van der Waals surface area contributed by atoms with Crippen molar-refractivity contribution in [3.05, 3.63) is 48.6 Å². The Morgan fingerprint density at radius 1 is 0.571 bits per heavy atom. The lowest BCUT2D eigenvalue weighted by atomic mass is 10.0. The van der Waals surface area contributed by atoms with Gasteiger partial charge in [0, 0.05) is 12.8 Å². The molecule has 0 bridgehead atoms. The molecule has 0 saturated heterocycles. The van der Waals surface area contributed by atoms with Crippen LogP contribution in [0.2, 0.25) is 0 Å². The number of quaternary nitrogens is 1. The van der Waals surface area contributed by atoms with Crippen LogP contribution >= 0.6 is 7.82 Å². The standard InChI is InChI=1S/C53H99N2O7P/c1-7-10-13-16-19-22-25-27-28-31-34-37-40-43-46-53(57)62-51(44-41-38-35-32-30-26-23-20-17-14-11-8-2)50(49-61-63(58,59)60-48-47-55(4,5)6)54-52(56)45-42-39-36-33-29-24-21-18-15-12-9-3/h10,13,18-19,21-22,41,44,50-51H,7-9,11-12,14-17,20,23-40,42-43,45-49H2,1-6H3,(H-,54,56,58,59)/b13-10+,21-18-,22-19+,44-41+. The minimum Gasteiger partial charge on any atom is -0.756 e. The number of hydrogen-bond donors (Lipinski definition) is 1. The highest BCUT2D eigenvalue weighted by Gasteiger charge is 2.27. The number of unbranched alkanes of at least 4 members (excludes halogenated alkanes) is 24. The van der Waals surface area contributed by atoms with E-state index in [4.69, 9.17) is 13.8 Å². The van der Waals surface area contributed by atoms with Gasteiger partial charge in [-0.3, -0.25) is 14.2 Å². The average molecular weight is 907 g/mol. The lowest BCUT2D eigenvalue weighted by molar-refractivity contribution is -0.870. The summed E-state index contributed by atoms with van der Waals surface area (Å²) in [6.45, 7) is 6.67. The van der Waals surface area contributed by atoms with Gasteiger partial charge in [-0.05, 0) is 76.7 Å². The third-order valence-corrected chi connectivity index (χ3v) is 12.2. The van der Waals surface area contributed by atoms with Gasteiger partial charge < -0.3 is 28.5 Å². The predicted molar refractivity (Wildman–Crippen MR) is 266 cm³/mol. The van der Waals surface area contributed by atoms with E-state index in [1.165, 1.54) is 83.5 Å². The fourth-order valence-electron chi connectivity index (χ4n) is 7.19. The molecule has 0 saturated carbocycles. The molecule has 0 rings (SSSR count). The van der Waals surface area contributed by atoms with Crippen LogP contribution in [0.25, 0.3) is 0 Å². The Balaban J connectivity index is 5.45. The number of hydrogen-bond acceptors (Lipinski definition) is 7. The van der Waals surface area contributed by atoms with E-state index in [9.17, 15) is 19.0 Å². The van der Waals surface area contributed by atoms with Crippen molar-refractivity contribution in [3.63, 3.8) is 0 Å². The van der Waals surface area contributed by atoms with Gasteiger partial charge in [-0.25, -0.2) is 0 Å². The van der Waals surface area contributed by atoms with E-state index in [1.54, 1.807) is 0 Å². The van der Waals surface area contributed by atoms with Crippen molar-refractivity contribution in [2.24, 2.45) is 0 Å². The zero-order valence-electron chi connectivity index (χ0n) is 41.8. The van der Waals surface area contributed by atoms with Gasteiger partial charge in [0.2, 0.25) is 5.91 Å². The van der Waals surface area contributed by atoms with E-state index in [0.29, 0.717) is 17.4 Å². The Morgan fingerprint density at radius 3 is 1.57 bits per heavy atom. The van der Waals surface area contributed by atoms with Gasteiger partial charge in [0.15, 0.2) is 0 Å². The molecule has 0 aliphatic rings. The molecule has 9 nitrogen and oxygen atoms in total. The smallest absolute Gasteiger partial charge is 0.306 e. The SMILES string of the molecule is CC/C=C/C/C=C/CCCCCCCCCC(=O)OC(/C=C/CCCCCCCCCCCC)C(COP(=O)([O-])OCC[N+](C)(C)C)NC(=O)CCCCCCC/C=C\CCCC. The Bertz CT molecular complexity index is 1230. The topological polar surface area (TPSA) is 114 Å². The highest BCUT2D eigenvalue weighted by Crippen LogP contribution is 2.38. The van der Waals surface area contributed by atoms with Gasteiger partial charge in [0.05, 0.1) is 33.8 Å². The molecule has 0 aliphatic heterocycles. The second-order valence-electron chi connectivity index (χ2n) is 18.6. The van der Waals surface area contributed by atoms with Crippen LogP contribution in [0.3, 0.4) is 0 Å². The van der Waals surface area contributed by atoms with Crippen molar-refractivity contribution in [1.82, 2.24) is 5.32 Å². The van der Waals surface area contributed by atoms with Crippen LogP contribution in [-0.4, -0.2) is 69.4 Å². The molecule has 0 heterocycles. The monoisotopic (exact) mass is 907 g/mol. The highest BCUT2D eigenvalue weighted by molar-refractivity contribution is 7.45. The predicted octanol–water partition coefficient (Wildman–Crippen LogP) is 14.4. The Hall–Kier alpha value is -2.03. The van der Waals surface area contributed by atoms with E-state index >= 15 is 0 Å². The number of ether oxygens (including phenoxy) is 1. The number of carbonyl (C=O) groups is 2. The summed E-state index contributed by atoms with van der Waals surface area (Å²) in [5.41, 5.74) is 0. The first kappa shape index (κ1) is 61.0. The summed E-state index contributed by atoms with van der Waals surface area (Å²) in [5, 5.41) is 3.00. The number of nitrogens with one attached hydrogen (secondary N) is 1. The summed E-state index contributed by atoms with van der Waals surface area (Å²) in [6.07, 6.45) is 50.7. The van der Waals surface area contributed by atoms with E-state index in [0.717, 1.165) is 109 Å². The molecule has 368 valence electrons.